The number of aromatic nitrogens is 1. The normalized spacial score (nSPS) is 10.1. The van der Waals surface area contributed by atoms with E-state index in [2.05, 4.69) is 28.0 Å². The van der Waals surface area contributed by atoms with E-state index in [-0.39, 0.29) is 0 Å². The number of nitrogen functional groups attached to an aromatic ring is 1. The molecule has 20 heavy (non-hydrogen) atoms. The van der Waals surface area contributed by atoms with Gasteiger partial charge < -0.3 is 15.8 Å². The Morgan fingerprint density at radius 2 is 2.20 bits per heavy atom. The highest BCUT2D eigenvalue weighted by Crippen LogP contribution is 2.20. The number of nitrogens with two attached hydrogens (primary N) is 1. The minimum absolute atomic E-state index is 0.296. The molecule has 0 aliphatic rings. The third kappa shape index (κ3) is 3.06. The van der Waals surface area contributed by atoms with Crippen LogP contribution >= 0.6 is 0 Å². The molecule has 0 saturated heterocycles. The summed E-state index contributed by atoms with van der Waals surface area (Å²) in [6.45, 7) is 2.09. The van der Waals surface area contributed by atoms with Crippen LogP contribution in [0.15, 0.2) is 36.5 Å². The summed E-state index contributed by atoms with van der Waals surface area (Å²) in [4.78, 5) is 15.7. The van der Waals surface area contributed by atoms with E-state index >= 15 is 0 Å². The molecule has 0 fully saturated rings. The topological polar surface area (TPSA) is 77.2 Å². The first-order valence-corrected chi connectivity index (χ1v) is 6.34. The maximum Gasteiger partial charge on any atom is 0.340 e. The quantitative estimate of drug-likeness (QED) is 0.836. The predicted octanol–water partition coefficient (Wildman–Crippen LogP) is 2.76. The van der Waals surface area contributed by atoms with Gasteiger partial charge in [0.2, 0.25) is 0 Å². The van der Waals surface area contributed by atoms with Gasteiger partial charge in [0.05, 0.1) is 24.6 Å². The molecule has 0 bridgehead atoms. The van der Waals surface area contributed by atoms with Crippen molar-refractivity contribution in [3.05, 3.63) is 47.7 Å². The fraction of sp³-hybridized carbons (Fsp3) is 0.200. The molecule has 0 spiro atoms. The van der Waals surface area contributed by atoms with Crippen molar-refractivity contribution in [3.63, 3.8) is 0 Å². The Morgan fingerprint density at radius 3 is 2.90 bits per heavy atom. The molecule has 2 aromatic rings. The summed E-state index contributed by atoms with van der Waals surface area (Å²) in [6.07, 6.45) is 2.40. The van der Waals surface area contributed by atoms with Gasteiger partial charge in [-0.1, -0.05) is 19.1 Å². The first-order chi connectivity index (χ1) is 9.63. The zero-order chi connectivity index (χ0) is 14.5. The maximum atomic E-state index is 11.6. The van der Waals surface area contributed by atoms with Gasteiger partial charge >= 0.3 is 5.97 Å². The van der Waals surface area contributed by atoms with E-state index < -0.39 is 5.97 Å². The summed E-state index contributed by atoms with van der Waals surface area (Å²) in [7, 11) is 1.32. The monoisotopic (exact) mass is 271 g/mol. The lowest BCUT2D eigenvalue weighted by Crippen LogP contribution is -2.07. The van der Waals surface area contributed by atoms with Crippen LogP contribution in [0.1, 0.15) is 22.8 Å². The maximum absolute atomic E-state index is 11.6. The number of aryl methyl sites for hydroxylation is 1. The van der Waals surface area contributed by atoms with Crippen LogP contribution < -0.4 is 11.1 Å². The summed E-state index contributed by atoms with van der Waals surface area (Å²) in [5, 5.41) is 3.15. The van der Waals surface area contributed by atoms with E-state index in [1.165, 1.54) is 18.9 Å². The number of nitrogens with zero attached hydrogens (tertiary/aromatic N) is 1. The molecule has 104 valence electrons. The molecule has 1 aromatic heterocycles. The van der Waals surface area contributed by atoms with Gasteiger partial charge in [-0.3, -0.25) is 0 Å². The largest absolute Gasteiger partial charge is 0.465 e. The first kappa shape index (κ1) is 13.9. The van der Waals surface area contributed by atoms with Crippen LogP contribution in [0, 0.1) is 0 Å². The van der Waals surface area contributed by atoms with Crippen molar-refractivity contribution < 1.29 is 9.53 Å². The Balaban J connectivity index is 2.27. The summed E-state index contributed by atoms with van der Waals surface area (Å²) in [5.74, 6) is 0.0723. The summed E-state index contributed by atoms with van der Waals surface area (Å²) in [6, 6.07) is 9.59. The second-order valence-electron chi connectivity index (χ2n) is 4.33. The van der Waals surface area contributed by atoms with Crippen LogP contribution in [-0.4, -0.2) is 18.1 Å². The Labute approximate surface area is 117 Å². The van der Waals surface area contributed by atoms with Gasteiger partial charge in [0.1, 0.15) is 5.82 Å². The third-order valence-corrected chi connectivity index (χ3v) is 2.95. The molecule has 5 heteroatoms. The molecule has 0 radical (unpaired) electrons. The number of esters is 1. The number of pyridine rings is 1. The number of rotatable bonds is 4. The van der Waals surface area contributed by atoms with Gasteiger partial charge in [0, 0.05) is 5.69 Å². The van der Waals surface area contributed by atoms with Gasteiger partial charge in [-0.15, -0.1) is 0 Å². The van der Waals surface area contributed by atoms with E-state index in [0.717, 1.165) is 12.1 Å². The van der Waals surface area contributed by atoms with Crippen molar-refractivity contribution >= 4 is 23.2 Å². The molecule has 0 saturated carbocycles. The highest BCUT2D eigenvalue weighted by Gasteiger charge is 2.11. The molecule has 0 atom stereocenters. The molecule has 0 aliphatic heterocycles. The van der Waals surface area contributed by atoms with Gasteiger partial charge in [-0.05, 0) is 30.2 Å². The fourth-order valence-electron chi connectivity index (χ4n) is 1.84. The number of carbonyl (C=O) groups excluding carboxylic acids is 1. The highest BCUT2D eigenvalue weighted by atomic mass is 16.5. The van der Waals surface area contributed by atoms with E-state index in [1.807, 2.05) is 18.2 Å². The lowest BCUT2D eigenvalue weighted by molar-refractivity contribution is 0.0602. The smallest absolute Gasteiger partial charge is 0.340 e. The summed E-state index contributed by atoms with van der Waals surface area (Å²) >= 11 is 0. The average Bonchev–Trinajstić information content (AvgIpc) is 2.48. The van der Waals surface area contributed by atoms with Gasteiger partial charge in [0.25, 0.3) is 0 Å². The first-order valence-electron chi connectivity index (χ1n) is 6.34. The van der Waals surface area contributed by atoms with Crippen molar-refractivity contribution in [1.82, 2.24) is 4.98 Å². The number of carbonyl (C=O) groups is 1. The van der Waals surface area contributed by atoms with E-state index in [4.69, 9.17) is 5.73 Å². The van der Waals surface area contributed by atoms with E-state index in [0.29, 0.717) is 17.1 Å². The number of methoxy groups -OCH3 is 1. The van der Waals surface area contributed by atoms with Gasteiger partial charge in [0.15, 0.2) is 0 Å². The second-order valence-corrected chi connectivity index (χ2v) is 4.33. The predicted molar refractivity (Wildman–Crippen MR) is 79.1 cm³/mol. The molecule has 1 heterocycles. The van der Waals surface area contributed by atoms with E-state index in [9.17, 15) is 4.79 Å². The zero-order valence-electron chi connectivity index (χ0n) is 11.5. The SMILES string of the molecule is CCc1cccc(Nc2cc(C(=O)OC)c(N)cn2)c1. The number of benzene rings is 1. The average molecular weight is 271 g/mol. The molecular weight excluding hydrogens is 254 g/mol. The zero-order valence-corrected chi connectivity index (χ0v) is 11.5. The molecule has 0 unspecified atom stereocenters. The van der Waals surface area contributed by atoms with Crippen LogP contribution in [0.2, 0.25) is 0 Å². The van der Waals surface area contributed by atoms with Crippen LogP contribution in [0.5, 0.6) is 0 Å². The van der Waals surface area contributed by atoms with Crippen LogP contribution in [-0.2, 0) is 11.2 Å². The number of nitrogens with one attached hydrogen (secondary N) is 1. The van der Waals surface area contributed by atoms with Crippen molar-refractivity contribution in [2.45, 2.75) is 13.3 Å². The Morgan fingerprint density at radius 1 is 1.40 bits per heavy atom. The summed E-state index contributed by atoms with van der Waals surface area (Å²) < 4.78 is 4.68. The van der Waals surface area contributed by atoms with Crippen LogP contribution in [0.4, 0.5) is 17.2 Å². The number of hydrogen-bond acceptors (Lipinski definition) is 5. The molecule has 0 aliphatic carbocycles. The number of ether oxygens (including phenoxy) is 1. The van der Waals surface area contributed by atoms with E-state index in [1.54, 1.807) is 6.07 Å². The van der Waals surface area contributed by atoms with Crippen molar-refractivity contribution in [3.8, 4) is 0 Å². The Bertz CT molecular complexity index is 626. The lowest BCUT2D eigenvalue weighted by atomic mass is 10.1. The van der Waals surface area contributed by atoms with Gasteiger partial charge in [-0.25, -0.2) is 9.78 Å². The third-order valence-electron chi connectivity index (χ3n) is 2.95. The Kier molecular flexibility index (Phi) is 4.20. The second kappa shape index (κ2) is 6.06. The highest BCUT2D eigenvalue weighted by molar-refractivity contribution is 5.95. The van der Waals surface area contributed by atoms with Crippen LogP contribution in [0.25, 0.3) is 0 Å². The molecule has 2 rings (SSSR count). The molecule has 1 aromatic carbocycles. The van der Waals surface area contributed by atoms with Crippen LogP contribution in [0.3, 0.4) is 0 Å². The molecule has 5 nitrogen and oxygen atoms in total. The molecular formula is C15H17N3O2. The van der Waals surface area contributed by atoms with Crippen molar-refractivity contribution in [2.24, 2.45) is 0 Å². The summed E-state index contributed by atoms with van der Waals surface area (Å²) in [5.41, 5.74) is 8.45. The fourth-order valence-corrected chi connectivity index (χ4v) is 1.84. The standard InChI is InChI=1S/C15H17N3O2/c1-3-10-5-4-6-11(7-10)18-14-8-12(15(19)20-2)13(16)9-17-14/h4-9H,3,16H2,1-2H3,(H,17,18). The number of hydrogen-bond donors (Lipinski definition) is 2. The molecule has 3 N–H and O–H groups in total. The van der Waals surface area contributed by atoms with Gasteiger partial charge in [-0.2, -0.15) is 0 Å². The minimum Gasteiger partial charge on any atom is -0.465 e. The lowest BCUT2D eigenvalue weighted by Gasteiger charge is -2.09. The minimum atomic E-state index is -0.477. The Hall–Kier alpha value is -2.56. The number of anilines is 3. The van der Waals surface area contributed by atoms with Crippen molar-refractivity contribution in [2.75, 3.05) is 18.2 Å². The molecule has 0 amide bonds. The van der Waals surface area contributed by atoms with Crippen molar-refractivity contribution in [1.29, 1.82) is 0 Å².